The second-order valence-electron chi connectivity index (χ2n) is 4.96. The van der Waals surface area contributed by atoms with Gasteiger partial charge in [0, 0.05) is 24.7 Å². The van der Waals surface area contributed by atoms with Crippen LogP contribution in [-0.4, -0.2) is 42.7 Å². The molecule has 1 N–H and O–H groups in total. The van der Waals surface area contributed by atoms with E-state index in [9.17, 15) is 9.90 Å². The number of ether oxygens (including phenoxy) is 2. The number of methoxy groups -OCH3 is 1. The molecule has 1 atom stereocenters. The van der Waals surface area contributed by atoms with Gasteiger partial charge in [0.05, 0.1) is 13.2 Å². The Hall–Kier alpha value is -1.75. The van der Waals surface area contributed by atoms with Gasteiger partial charge in [0.2, 0.25) is 0 Å². The van der Waals surface area contributed by atoms with Crippen molar-refractivity contribution in [1.82, 2.24) is 4.90 Å². The van der Waals surface area contributed by atoms with E-state index in [2.05, 4.69) is 0 Å². The molecule has 110 valence electrons. The summed E-state index contributed by atoms with van der Waals surface area (Å²) >= 11 is 0. The number of rotatable bonds is 5. The summed E-state index contributed by atoms with van der Waals surface area (Å²) in [6, 6.07) is 5.20. The van der Waals surface area contributed by atoms with Crippen LogP contribution in [0, 0.1) is 0 Å². The molecule has 0 saturated carbocycles. The van der Waals surface area contributed by atoms with Crippen LogP contribution in [0.5, 0.6) is 11.5 Å². The zero-order valence-electron chi connectivity index (χ0n) is 12.0. The number of hydrogen-bond donors (Lipinski definition) is 1. The number of benzene rings is 1. The fourth-order valence-corrected chi connectivity index (χ4v) is 2.31. The van der Waals surface area contributed by atoms with Gasteiger partial charge in [-0.2, -0.15) is 0 Å². The van der Waals surface area contributed by atoms with Gasteiger partial charge in [-0.15, -0.1) is 0 Å². The van der Waals surface area contributed by atoms with Gasteiger partial charge in [-0.3, -0.25) is 4.79 Å². The predicted molar refractivity (Wildman–Crippen MR) is 74.9 cm³/mol. The van der Waals surface area contributed by atoms with Gasteiger partial charge in [-0.1, -0.05) is 0 Å². The summed E-state index contributed by atoms with van der Waals surface area (Å²) in [5.74, 6) is 1.12. The molecule has 1 aliphatic heterocycles. The van der Waals surface area contributed by atoms with Gasteiger partial charge in [-0.05, 0) is 31.9 Å². The van der Waals surface area contributed by atoms with E-state index in [-0.39, 0.29) is 12.5 Å². The number of carbonyl (C=O) groups excluding carboxylic acids is 1. The Bertz CT molecular complexity index is 467. The van der Waals surface area contributed by atoms with Gasteiger partial charge in [0.15, 0.2) is 6.61 Å². The molecule has 0 spiro atoms. The van der Waals surface area contributed by atoms with Crippen molar-refractivity contribution in [2.45, 2.75) is 25.9 Å². The van der Waals surface area contributed by atoms with Gasteiger partial charge in [0.1, 0.15) is 11.5 Å². The van der Waals surface area contributed by atoms with Gasteiger partial charge < -0.3 is 19.5 Å². The van der Waals surface area contributed by atoms with Crippen LogP contribution in [0.15, 0.2) is 18.2 Å². The minimum atomic E-state index is -0.655. The second kappa shape index (κ2) is 6.61. The van der Waals surface area contributed by atoms with Gasteiger partial charge >= 0.3 is 0 Å². The average Bonchev–Trinajstić information content (AvgIpc) is 2.98. The molecule has 1 fully saturated rings. The van der Waals surface area contributed by atoms with Crippen LogP contribution in [0.3, 0.4) is 0 Å². The summed E-state index contributed by atoms with van der Waals surface area (Å²) in [5.41, 5.74) is 0.653. The lowest BCUT2D eigenvalue weighted by molar-refractivity contribution is -0.132. The van der Waals surface area contributed by atoms with E-state index in [4.69, 9.17) is 9.47 Å². The first-order chi connectivity index (χ1) is 9.61. The number of amides is 1. The summed E-state index contributed by atoms with van der Waals surface area (Å²) in [6.07, 6.45) is 1.46. The molecule has 1 amide bonds. The Kier molecular flexibility index (Phi) is 4.84. The van der Waals surface area contributed by atoms with Crippen molar-refractivity contribution < 1.29 is 19.4 Å². The minimum absolute atomic E-state index is 0.00706. The van der Waals surface area contributed by atoms with Gasteiger partial charge in [0.25, 0.3) is 5.91 Å². The highest BCUT2D eigenvalue weighted by molar-refractivity contribution is 5.78. The quantitative estimate of drug-likeness (QED) is 0.892. The van der Waals surface area contributed by atoms with Crippen molar-refractivity contribution in [2.75, 3.05) is 26.8 Å². The molecule has 0 bridgehead atoms. The molecule has 5 heteroatoms. The highest BCUT2D eigenvalue weighted by Gasteiger charge is 2.19. The first-order valence-electron chi connectivity index (χ1n) is 6.88. The molecule has 20 heavy (non-hydrogen) atoms. The lowest BCUT2D eigenvalue weighted by Crippen LogP contribution is -2.32. The summed E-state index contributed by atoms with van der Waals surface area (Å²) in [6.45, 7) is 3.27. The predicted octanol–water partition coefficient (Wildman–Crippen LogP) is 1.75. The van der Waals surface area contributed by atoms with E-state index in [1.807, 2.05) is 4.90 Å². The number of hydrogen-bond acceptors (Lipinski definition) is 4. The second-order valence-corrected chi connectivity index (χ2v) is 4.96. The number of carbonyl (C=O) groups is 1. The lowest BCUT2D eigenvalue weighted by atomic mass is 10.1. The smallest absolute Gasteiger partial charge is 0.260 e. The molecule has 0 aromatic heterocycles. The number of aliphatic hydroxyl groups excluding tert-OH is 1. The first-order valence-corrected chi connectivity index (χ1v) is 6.88. The topological polar surface area (TPSA) is 59.0 Å². The minimum Gasteiger partial charge on any atom is -0.497 e. The molecule has 2 rings (SSSR count). The Morgan fingerprint density at radius 1 is 1.40 bits per heavy atom. The largest absolute Gasteiger partial charge is 0.497 e. The Balaban J connectivity index is 2.04. The van der Waals surface area contributed by atoms with Crippen LogP contribution >= 0.6 is 0 Å². The van der Waals surface area contributed by atoms with Crippen molar-refractivity contribution in [3.05, 3.63) is 23.8 Å². The molecule has 0 aliphatic carbocycles. The SMILES string of the molecule is COc1ccc([C@@H](C)O)c(OCC(=O)N2CCCC2)c1. The van der Waals surface area contributed by atoms with Crippen molar-refractivity contribution in [1.29, 1.82) is 0 Å². The van der Waals surface area contributed by atoms with Crippen molar-refractivity contribution >= 4 is 5.91 Å². The first kappa shape index (κ1) is 14.7. The van der Waals surface area contributed by atoms with Crippen molar-refractivity contribution in [3.63, 3.8) is 0 Å². The van der Waals surface area contributed by atoms with Gasteiger partial charge in [-0.25, -0.2) is 0 Å². The summed E-state index contributed by atoms with van der Waals surface area (Å²) < 4.78 is 10.7. The van der Waals surface area contributed by atoms with E-state index in [1.165, 1.54) is 0 Å². The van der Waals surface area contributed by atoms with Crippen LogP contribution in [-0.2, 0) is 4.79 Å². The maximum absolute atomic E-state index is 12.0. The van der Waals surface area contributed by atoms with Crippen LogP contribution in [0.4, 0.5) is 0 Å². The van der Waals surface area contributed by atoms with E-state index in [0.717, 1.165) is 25.9 Å². The van der Waals surface area contributed by atoms with Crippen LogP contribution in [0.25, 0.3) is 0 Å². The standard InChI is InChI=1S/C15H21NO4/c1-11(17)13-6-5-12(19-2)9-14(13)20-10-15(18)16-7-3-4-8-16/h5-6,9,11,17H,3-4,7-8,10H2,1-2H3/t11-/m1/s1. The van der Waals surface area contributed by atoms with Crippen molar-refractivity contribution in [3.8, 4) is 11.5 Å². The number of likely N-dealkylation sites (tertiary alicyclic amines) is 1. The lowest BCUT2D eigenvalue weighted by Gasteiger charge is -2.18. The molecule has 5 nitrogen and oxygen atoms in total. The fourth-order valence-electron chi connectivity index (χ4n) is 2.31. The molecule has 0 unspecified atom stereocenters. The number of aliphatic hydroxyl groups is 1. The third-order valence-corrected chi connectivity index (χ3v) is 3.48. The van der Waals surface area contributed by atoms with E-state index in [0.29, 0.717) is 17.1 Å². The zero-order valence-corrected chi connectivity index (χ0v) is 12.0. The summed E-state index contributed by atoms with van der Waals surface area (Å²) in [5, 5.41) is 9.73. The summed E-state index contributed by atoms with van der Waals surface area (Å²) in [4.78, 5) is 13.8. The van der Waals surface area contributed by atoms with E-state index >= 15 is 0 Å². The normalized spacial score (nSPS) is 16.1. The fraction of sp³-hybridized carbons (Fsp3) is 0.533. The third-order valence-electron chi connectivity index (χ3n) is 3.48. The Labute approximate surface area is 119 Å². The zero-order chi connectivity index (χ0) is 14.5. The molecular formula is C15H21NO4. The monoisotopic (exact) mass is 279 g/mol. The third kappa shape index (κ3) is 3.42. The Morgan fingerprint density at radius 3 is 2.70 bits per heavy atom. The van der Waals surface area contributed by atoms with Crippen LogP contribution in [0.1, 0.15) is 31.4 Å². The maximum atomic E-state index is 12.0. The molecular weight excluding hydrogens is 258 g/mol. The summed E-state index contributed by atoms with van der Waals surface area (Å²) in [7, 11) is 1.57. The molecule has 1 saturated heterocycles. The van der Waals surface area contributed by atoms with E-state index in [1.54, 1.807) is 32.2 Å². The number of nitrogens with zero attached hydrogens (tertiary/aromatic N) is 1. The molecule has 0 radical (unpaired) electrons. The average molecular weight is 279 g/mol. The highest BCUT2D eigenvalue weighted by Crippen LogP contribution is 2.29. The van der Waals surface area contributed by atoms with Crippen LogP contribution < -0.4 is 9.47 Å². The molecule has 1 heterocycles. The van der Waals surface area contributed by atoms with Crippen LogP contribution in [0.2, 0.25) is 0 Å². The molecule has 1 aromatic carbocycles. The van der Waals surface area contributed by atoms with E-state index < -0.39 is 6.10 Å². The maximum Gasteiger partial charge on any atom is 0.260 e. The molecule has 1 aromatic rings. The highest BCUT2D eigenvalue weighted by atomic mass is 16.5. The molecule has 1 aliphatic rings. The van der Waals surface area contributed by atoms with Crippen molar-refractivity contribution in [2.24, 2.45) is 0 Å². The Morgan fingerprint density at radius 2 is 2.10 bits per heavy atom.